The van der Waals surface area contributed by atoms with E-state index in [0.717, 1.165) is 66.2 Å². The van der Waals surface area contributed by atoms with E-state index in [2.05, 4.69) is 163 Å². The van der Waals surface area contributed by atoms with E-state index in [-0.39, 0.29) is 0 Å². The summed E-state index contributed by atoms with van der Waals surface area (Å²) < 4.78 is 7.59. The van der Waals surface area contributed by atoms with Gasteiger partial charge in [0.15, 0.2) is 0 Å². The van der Waals surface area contributed by atoms with Crippen LogP contribution in [0, 0.1) is 0 Å². The van der Waals surface area contributed by atoms with Crippen LogP contribution in [0.15, 0.2) is 174 Å². The molecule has 49 heavy (non-hydrogen) atoms. The van der Waals surface area contributed by atoms with Crippen molar-refractivity contribution in [3.63, 3.8) is 0 Å². The van der Waals surface area contributed by atoms with Crippen molar-refractivity contribution < 1.29 is 4.42 Å². The Morgan fingerprint density at radius 3 is 2.02 bits per heavy atom. The van der Waals surface area contributed by atoms with Crippen LogP contribution in [0.3, 0.4) is 0 Å². The number of anilines is 3. The molecule has 0 amide bonds. The summed E-state index contributed by atoms with van der Waals surface area (Å²) >= 11 is 1.77. The zero-order valence-corrected chi connectivity index (χ0v) is 27.2. The Kier molecular flexibility index (Phi) is 6.36. The quantitative estimate of drug-likeness (QED) is 0.175. The number of aromatic nitrogens is 1. The molecule has 4 heteroatoms. The average molecular weight is 645 g/mol. The first-order valence-corrected chi connectivity index (χ1v) is 17.3. The first-order valence-electron chi connectivity index (χ1n) is 16.5. The number of nitrogens with zero attached hydrogens (tertiary/aromatic N) is 2. The van der Waals surface area contributed by atoms with Crippen molar-refractivity contribution in [3.8, 4) is 21.7 Å². The molecule has 10 rings (SSSR count). The lowest BCUT2D eigenvalue weighted by atomic mass is 10.00. The highest BCUT2D eigenvalue weighted by Crippen LogP contribution is 2.43. The van der Waals surface area contributed by atoms with Gasteiger partial charge in [-0.3, -0.25) is 0 Å². The van der Waals surface area contributed by atoms with Gasteiger partial charge in [0.25, 0.3) is 0 Å². The average Bonchev–Trinajstić information content (AvgIpc) is 3.78. The molecule has 0 fully saturated rings. The van der Waals surface area contributed by atoms with E-state index >= 15 is 0 Å². The minimum Gasteiger partial charge on any atom is -0.455 e. The van der Waals surface area contributed by atoms with Crippen LogP contribution in [-0.2, 0) is 0 Å². The normalized spacial score (nSPS) is 11.7. The zero-order chi connectivity index (χ0) is 32.3. The maximum absolute atomic E-state index is 6.37. The molecule has 0 radical (unpaired) electrons. The second-order valence-corrected chi connectivity index (χ2v) is 13.4. The molecule has 230 valence electrons. The third-order valence-electron chi connectivity index (χ3n) is 9.47. The smallest absolute Gasteiger partial charge is 0.143 e. The van der Waals surface area contributed by atoms with Crippen LogP contribution in [0.1, 0.15) is 0 Å². The van der Waals surface area contributed by atoms with Crippen molar-refractivity contribution in [2.24, 2.45) is 0 Å². The molecule has 0 aliphatic heterocycles. The first kappa shape index (κ1) is 27.8. The topological polar surface area (TPSA) is 29.3 Å². The van der Waals surface area contributed by atoms with Crippen LogP contribution in [0.25, 0.3) is 75.4 Å². The summed E-state index contributed by atoms with van der Waals surface area (Å²) in [5.41, 5.74) is 9.50. The highest BCUT2D eigenvalue weighted by Gasteiger charge is 2.17. The molecule has 0 saturated heterocycles. The number of hydrogen-bond acceptors (Lipinski definition) is 4. The zero-order valence-electron chi connectivity index (χ0n) is 26.4. The molecule has 0 atom stereocenters. The summed E-state index contributed by atoms with van der Waals surface area (Å²) in [4.78, 5) is 7.40. The molecular weight excluding hydrogens is 617 g/mol. The van der Waals surface area contributed by atoms with E-state index in [0.29, 0.717) is 0 Å². The SMILES string of the molecule is c1ccc(-c2nc3ccc4ccc5ccc(N(c6ccccc6)c6ccc(-c7cccc8c7oc7ccccc78)cc6)cc5c4c3s2)cc1. The summed E-state index contributed by atoms with van der Waals surface area (Å²) in [6.45, 7) is 0. The minimum absolute atomic E-state index is 0.910. The Balaban J connectivity index is 1.13. The highest BCUT2D eigenvalue weighted by atomic mass is 32.1. The Hall–Kier alpha value is -6.23. The molecule has 0 bridgehead atoms. The second kappa shape index (κ2) is 11.2. The summed E-state index contributed by atoms with van der Waals surface area (Å²) in [6, 6.07) is 60.2. The highest BCUT2D eigenvalue weighted by molar-refractivity contribution is 7.22. The van der Waals surface area contributed by atoms with E-state index in [4.69, 9.17) is 9.40 Å². The molecule has 0 N–H and O–H groups in total. The number of rotatable bonds is 5. The van der Waals surface area contributed by atoms with Crippen molar-refractivity contribution in [2.45, 2.75) is 0 Å². The van der Waals surface area contributed by atoms with Crippen LogP contribution < -0.4 is 4.90 Å². The first-order chi connectivity index (χ1) is 24.3. The number of benzene rings is 8. The van der Waals surface area contributed by atoms with Crippen LogP contribution in [0.4, 0.5) is 17.1 Å². The van der Waals surface area contributed by atoms with Gasteiger partial charge in [-0.05, 0) is 70.3 Å². The minimum atomic E-state index is 0.910. The fourth-order valence-electron chi connectivity index (χ4n) is 7.14. The van der Waals surface area contributed by atoms with Crippen molar-refractivity contribution in [1.82, 2.24) is 4.98 Å². The molecule has 10 aromatic rings. The molecule has 0 spiro atoms. The number of fused-ring (bicyclic) bond motifs is 8. The van der Waals surface area contributed by atoms with Crippen LogP contribution in [0.5, 0.6) is 0 Å². The molecule has 3 nitrogen and oxygen atoms in total. The lowest BCUT2D eigenvalue weighted by molar-refractivity contribution is 0.670. The van der Waals surface area contributed by atoms with Gasteiger partial charge in [-0.15, -0.1) is 11.3 Å². The van der Waals surface area contributed by atoms with E-state index < -0.39 is 0 Å². The second-order valence-electron chi connectivity index (χ2n) is 12.4. The van der Waals surface area contributed by atoms with Gasteiger partial charge in [0.1, 0.15) is 16.2 Å². The third kappa shape index (κ3) is 4.61. The van der Waals surface area contributed by atoms with Gasteiger partial charge in [0, 0.05) is 44.3 Å². The number of thiazole rings is 1. The predicted octanol–water partition coefficient (Wildman–Crippen LogP) is 13.3. The van der Waals surface area contributed by atoms with Crippen molar-refractivity contribution in [1.29, 1.82) is 0 Å². The van der Waals surface area contributed by atoms with Gasteiger partial charge >= 0.3 is 0 Å². The van der Waals surface area contributed by atoms with E-state index in [9.17, 15) is 0 Å². The van der Waals surface area contributed by atoms with Gasteiger partial charge in [0.2, 0.25) is 0 Å². The monoisotopic (exact) mass is 644 g/mol. The summed E-state index contributed by atoms with van der Waals surface area (Å²) in [6.07, 6.45) is 0. The fourth-order valence-corrected chi connectivity index (χ4v) is 8.28. The molecule has 2 heterocycles. The van der Waals surface area contributed by atoms with E-state index in [1.54, 1.807) is 11.3 Å². The molecule has 0 saturated carbocycles. The van der Waals surface area contributed by atoms with E-state index in [1.807, 2.05) is 12.1 Å². The molecular formula is C45H28N2OS. The summed E-state index contributed by atoms with van der Waals surface area (Å²) in [7, 11) is 0. The molecule has 8 aromatic carbocycles. The Morgan fingerprint density at radius 1 is 0.490 bits per heavy atom. The maximum Gasteiger partial charge on any atom is 0.143 e. The molecule has 0 aliphatic carbocycles. The molecule has 0 aliphatic rings. The van der Waals surface area contributed by atoms with Crippen molar-refractivity contribution in [2.75, 3.05) is 4.90 Å². The number of para-hydroxylation sites is 3. The standard InChI is InChI=1S/C45H28N2OS/c1-3-10-32(11-4-1)45-46-40-27-23-31-19-18-30-22-26-35(28-39(30)42(31)44(40)49-45)47(33-12-5-2-6-13-33)34-24-20-29(21-25-34)36-15-9-16-38-37-14-7-8-17-41(37)48-43(36)38/h1-28H. The molecule has 0 unspecified atom stereocenters. The maximum atomic E-state index is 6.37. The fraction of sp³-hybridized carbons (Fsp3) is 0. The van der Waals surface area contributed by atoms with Gasteiger partial charge in [-0.2, -0.15) is 0 Å². The molecule has 2 aromatic heterocycles. The Bertz CT molecular complexity index is 2820. The summed E-state index contributed by atoms with van der Waals surface area (Å²) in [5, 5.41) is 8.22. The van der Waals surface area contributed by atoms with Crippen LogP contribution in [-0.4, -0.2) is 4.98 Å². The Labute approximate surface area is 286 Å². The lowest BCUT2D eigenvalue weighted by Gasteiger charge is -2.26. The van der Waals surface area contributed by atoms with Gasteiger partial charge < -0.3 is 9.32 Å². The van der Waals surface area contributed by atoms with Crippen molar-refractivity contribution in [3.05, 3.63) is 170 Å². The summed E-state index contributed by atoms with van der Waals surface area (Å²) in [5.74, 6) is 0. The predicted molar refractivity (Wildman–Crippen MR) is 207 cm³/mol. The number of furan rings is 1. The van der Waals surface area contributed by atoms with Gasteiger partial charge in [-0.1, -0.05) is 121 Å². The Morgan fingerprint density at radius 2 is 1.16 bits per heavy atom. The lowest BCUT2D eigenvalue weighted by Crippen LogP contribution is -2.09. The van der Waals surface area contributed by atoms with E-state index in [1.165, 1.54) is 26.2 Å². The van der Waals surface area contributed by atoms with Crippen LogP contribution in [0.2, 0.25) is 0 Å². The van der Waals surface area contributed by atoms with Gasteiger partial charge in [0.05, 0.1) is 10.2 Å². The largest absolute Gasteiger partial charge is 0.455 e. The van der Waals surface area contributed by atoms with Crippen molar-refractivity contribution >= 4 is 82.1 Å². The number of hydrogen-bond donors (Lipinski definition) is 0. The van der Waals surface area contributed by atoms with Gasteiger partial charge in [-0.25, -0.2) is 4.98 Å². The van der Waals surface area contributed by atoms with Crippen LogP contribution >= 0.6 is 11.3 Å². The third-order valence-corrected chi connectivity index (χ3v) is 10.6.